The van der Waals surface area contributed by atoms with E-state index in [1.807, 2.05) is 0 Å². The molecule has 1 rings (SSSR count). The van der Waals surface area contributed by atoms with Crippen LogP contribution < -0.4 is 5.73 Å². The van der Waals surface area contributed by atoms with Gasteiger partial charge in [-0.25, -0.2) is 0 Å². The zero-order valence-electron chi connectivity index (χ0n) is 7.17. The Hall–Kier alpha value is -1.56. The Morgan fingerprint density at radius 2 is 2.29 bits per heavy atom. The standard InChI is InChI=1S/C8H8N2O3S/c9-8(11)5-14-7-3-1-2-6(4-7)10(12)13/h1-4H,5H2,(H2,9,11). The average molecular weight is 212 g/mol. The van der Waals surface area contributed by atoms with Gasteiger partial charge in [0, 0.05) is 17.0 Å². The number of non-ortho nitro benzene ring substituents is 1. The van der Waals surface area contributed by atoms with Gasteiger partial charge in [0.25, 0.3) is 5.69 Å². The largest absolute Gasteiger partial charge is 0.369 e. The lowest BCUT2D eigenvalue weighted by Crippen LogP contribution is -2.12. The van der Waals surface area contributed by atoms with Crippen LogP contribution in [0.3, 0.4) is 0 Å². The number of nitro benzene ring substituents is 1. The number of nitrogens with two attached hydrogens (primary N) is 1. The van der Waals surface area contributed by atoms with Crippen molar-refractivity contribution < 1.29 is 9.72 Å². The summed E-state index contributed by atoms with van der Waals surface area (Å²) >= 11 is 1.18. The molecule has 0 saturated carbocycles. The van der Waals surface area contributed by atoms with Crippen LogP contribution in [0.2, 0.25) is 0 Å². The summed E-state index contributed by atoms with van der Waals surface area (Å²) in [4.78, 5) is 21.0. The van der Waals surface area contributed by atoms with Gasteiger partial charge >= 0.3 is 0 Å². The first-order valence-electron chi connectivity index (χ1n) is 3.75. The zero-order chi connectivity index (χ0) is 10.6. The zero-order valence-corrected chi connectivity index (χ0v) is 7.99. The number of thioether (sulfide) groups is 1. The molecule has 1 aromatic carbocycles. The number of primary amides is 1. The third kappa shape index (κ3) is 3.06. The Kier molecular flexibility index (Phi) is 3.47. The molecule has 0 heterocycles. The van der Waals surface area contributed by atoms with E-state index in [1.165, 1.54) is 23.9 Å². The first-order chi connectivity index (χ1) is 6.59. The van der Waals surface area contributed by atoms with Crippen molar-refractivity contribution in [2.24, 2.45) is 5.73 Å². The van der Waals surface area contributed by atoms with Gasteiger partial charge in [0.2, 0.25) is 5.91 Å². The molecule has 0 aliphatic rings. The Morgan fingerprint density at radius 1 is 1.57 bits per heavy atom. The van der Waals surface area contributed by atoms with E-state index >= 15 is 0 Å². The van der Waals surface area contributed by atoms with Crippen LogP contribution >= 0.6 is 11.8 Å². The van der Waals surface area contributed by atoms with E-state index in [1.54, 1.807) is 12.1 Å². The Labute approximate surface area is 84.4 Å². The molecule has 0 bridgehead atoms. The van der Waals surface area contributed by atoms with Crippen LogP contribution in [0, 0.1) is 10.1 Å². The van der Waals surface area contributed by atoms with Crippen molar-refractivity contribution in [3.05, 3.63) is 34.4 Å². The van der Waals surface area contributed by atoms with Crippen LogP contribution in [0.5, 0.6) is 0 Å². The minimum atomic E-state index is -0.478. The molecule has 0 aromatic heterocycles. The molecule has 0 saturated heterocycles. The SMILES string of the molecule is NC(=O)CSc1cccc([N+](=O)[O-])c1. The number of hydrogen-bond acceptors (Lipinski definition) is 4. The van der Waals surface area contributed by atoms with E-state index < -0.39 is 10.8 Å². The number of rotatable bonds is 4. The predicted molar refractivity (Wildman–Crippen MR) is 53.0 cm³/mol. The molecule has 0 atom stereocenters. The summed E-state index contributed by atoms with van der Waals surface area (Å²) in [5, 5.41) is 10.4. The molecule has 2 N–H and O–H groups in total. The molecule has 6 heteroatoms. The average Bonchev–Trinajstić information content (AvgIpc) is 2.15. The van der Waals surface area contributed by atoms with Crippen molar-refractivity contribution in [2.45, 2.75) is 4.90 Å². The van der Waals surface area contributed by atoms with E-state index in [9.17, 15) is 14.9 Å². The topological polar surface area (TPSA) is 86.2 Å². The molecule has 0 fully saturated rings. The predicted octanol–water partition coefficient (Wildman–Crippen LogP) is 1.17. The van der Waals surface area contributed by atoms with Crippen molar-refractivity contribution in [2.75, 3.05) is 5.75 Å². The van der Waals surface area contributed by atoms with Gasteiger partial charge in [0.05, 0.1) is 10.7 Å². The number of carbonyl (C=O) groups is 1. The lowest BCUT2D eigenvalue weighted by atomic mass is 10.3. The van der Waals surface area contributed by atoms with Gasteiger partial charge in [-0.2, -0.15) is 0 Å². The van der Waals surface area contributed by atoms with Crippen molar-refractivity contribution in [3.63, 3.8) is 0 Å². The Bertz CT molecular complexity index is 367. The monoisotopic (exact) mass is 212 g/mol. The fraction of sp³-hybridized carbons (Fsp3) is 0.125. The molecule has 5 nitrogen and oxygen atoms in total. The summed E-state index contributed by atoms with van der Waals surface area (Å²) in [6.45, 7) is 0. The second-order valence-corrected chi connectivity index (χ2v) is 3.56. The fourth-order valence-electron chi connectivity index (χ4n) is 0.841. The van der Waals surface area contributed by atoms with Gasteiger partial charge in [-0.1, -0.05) is 6.07 Å². The lowest BCUT2D eigenvalue weighted by molar-refractivity contribution is -0.385. The highest BCUT2D eigenvalue weighted by Crippen LogP contribution is 2.22. The number of amides is 1. The smallest absolute Gasteiger partial charge is 0.270 e. The molecular formula is C8H8N2O3S. The summed E-state index contributed by atoms with van der Waals surface area (Å²) in [5.74, 6) is -0.317. The van der Waals surface area contributed by atoms with Gasteiger partial charge in [-0.15, -0.1) is 11.8 Å². The summed E-state index contributed by atoms with van der Waals surface area (Å²) in [6.07, 6.45) is 0. The molecule has 74 valence electrons. The van der Waals surface area contributed by atoms with E-state index in [-0.39, 0.29) is 11.4 Å². The van der Waals surface area contributed by atoms with E-state index in [0.717, 1.165) is 0 Å². The first-order valence-corrected chi connectivity index (χ1v) is 4.73. The maximum Gasteiger partial charge on any atom is 0.270 e. The van der Waals surface area contributed by atoms with Gasteiger partial charge in [-0.05, 0) is 6.07 Å². The van der Waals surface area contributed by atoms with E-state index in [2.05, 4.69) is 0 Å². The van der Waals surface area contributed by atoms with E-state index in [4.69, 9.17) is 5.73 Å². The van der Waals surface area contributed by atoms with Crippen LogP contribution in [0.1, 0.15) is 0 Å². The number of hydrogen-bond donors (Lipinski definition) is 1. The molecule has 1 amide bonds. The van der Waals surface area contributed by atoms with Crippen LogP contribution in [0.4, 0.5) is 5.69 Å². The maximum atomic E-state index is 10.5. The summed E-state index contributed by atoms with van der Waals surface area (Å²) in [6, 6.07) is 6.07. The molecule has 0 radical (unpaired) electrons. The van der Waals surface area contributed by atoms with Gasteiger partial charge in [0.15, 0.2) is 0 Å². The second-order valence-electron chi connectivity index (χ2n) is 2.51. The van der Waals surface area contributed by atoms with Crippen LogP contribution in [0.25, 0.3) is 0 Å². The minimum absolute atomic E-state index is 0.0134. The molecule has 1 aromatic rings. The summed E-state index contributed by atoms with van der Waals surface area (Å²) in [5.41, 5.74) is 4.96. The maximum absolute atomic E-state index is 10.5. The number of benzene rings is 1. The highest BCUT2D eigenvalue weighted by atomic mass is 32.2. The second kappa shape index (κ2) is 4.61. The molecule has 0 aliphatic heterocycles. The summed E-state index contributed by atoms with van der Waals surface area (Å²) in [7, 11) is 0. The number of carbonyl (C=O) groups excluding carboxylic acids is 1. The highest BCUT2D eigenvalue weighted by molar-refractivity contribution is 8.00. The molecule has 14 heavy (non-hydrogen) atoms. The number of nitro groups is 1. The third-order valence-electron chi connectivity index (χ3n) is 1.41. The molecule has 0 unspecified atom stereocenters. The van der Waals surface area contributed by atoms with Gasteiger partial charge in [-0.3, -0.25) is 14.9 Å². The fourth-order valence-corrected chi connectivity index (χ4v) is 1.53. The van der Waals surface area contributed by atoms with Crippen molar-refractivity contribution in [1.29, 1.82) is 0 Å². The molecular weight excluding hydrogens is 204 g/mol. The Morgan fingerprint density at radius 3 is 2.86 bits per heavy atom. The van der Waals surface area contributed by atoms with Gasteiger partial charge < -0.3 is 5.73 Å². The molecule has 0 aliphatic carbocycles. The molecule has 0 spiro atoms. The number of nitrogens with zero attached hydrogens (tertiary/aromatic N) is 1. The van der Waals surface area contributed by atoms with Crippen LogP contribution in [-0.4, -0.2) is 16.6 Å². The first kappa shape index (κ1) is 10.5. The minimum Gasteiger partial charge on any atom is -0.369 e. The van der Waals surface area contributed by atoms with Crippen LogP contribution in [0.15, 0.2) is 29.2 Å². The Balaban J connectivity index is 2.73. The van der Waals surface area contributed by atoms with Crippen molar-refractivity contribution >= 4 is 23.4 Å². The normalized spacial score (nSPS) is 9.71. The van der Waals surface area contributed by atoms with Crippen molar-refractivity contribution in [1.82, 2.24) is 0 Å². The third-order valence-corrected chi connectivity index (χ3v) is 2.43. The lowest BCUT2D eigenvalue weighted by Gasteiger charge is -1.97. The van der Waals surface area contributed by atoms with Crippen LogP contribution in [-0.2, 0) is 4.79 Å². The van der Waals surface area contributed by atoms with Crippen molar-refractivity contribution in [3.8, 4) is 0 Å². The van der Waals surface area contributed by atoms with E-state index in [0.29, 0.717) is 4.90 Å². The summed E-state index contributed by atoms with van der Waals surface area (Å²) < 4.78 is 0. The van der Waals surface area contributed by atoms with Gasteiger partial charge in [0.1, 0.15) is 0 Å². The highest BCUT2D eigenvalue weighted by Gasteiger charge is 2.06. The quantitative estimate of drug-likeness (QED) is 0.461.